The fourth-order valence-corrected chi connectivity index (χ4v) is 4.41. The van der Waals surface area contributed by atoms with Crippen molar-refractivity contribution in [1.29, 1.82) is 0 Å². The van der Waals surface area contributed by atoms with E-state index in [1.807, 2.05) is 18.3 Å². The predicted octanol–water partition coefficient (Wildman–Crippen LogP) is 3.95. The minimum absolute atomic E-state index is 0.396. The normalized spacial score (nSPS) is 20.7. The van der Waals surface area contributed by atoms with Crippen molar-refractivity contribution in [1.82, 2.24) is 14.9 Å². The smallest absolute Gasteiger partial charge is 0.224 e. The van der Waals surface area contributed by atoms with Gasteiger partial charge in [-0.3, -0.25) is 4.90 Å². The Morgan fingerprint density at radius 3 is 2.63 bits per heavy atom. The first-order valence-electron chi connectivity index (χ1n) is 11.6. The van der Waals surface area contributed by atoms with Gasteiger partial charge < -0.3 is 15.0 Å². The van der Waals surface area contributed by atoms with Crippen molar-refractivity contribution in [2.24, 2.45) is 0 Å². The van der Waals surface area contributed by atoms with E-state index in [0.717, 1.165) is 51.1 Å². The van der Waals surface area contributed by atoms with Crippen LogP contribution in [0, 0.1) is 0 Å². The van der Waals surface area contributed by atoms with Crippen LogP contribution in [0.1, 0.15) is 44.1 Å². The first-order valence-corrected chi connectivity index (χ1v) is 11.6. The summed E-state index contributed by atoms with van der Waals surface area (Å²) in [5, 5.41) is 3.59. The topological polar surface area (TPSA) is 53.5 Å². The monoisotopic (exact) mass is 409 g/mol. The number of likely N-dealkylation sites (tertiary alicyclic amines) is 1. The molecule has 162 valence electrons. The fraction of sp³-hybridized carbons (Fsp3) is 0.583. The van der Waals surface area contributed by atoms with Gasteiger partial charge in [0.05, 0.1) is 13.2 Å². The van der Waals surface area contributed by atoms with Gasteiger partial charge in [-0.1, -0.05) is 43.2 Å². The maximum Gasteiger partial charge on any atom is 0.224 e. The lowest BCUT2D eigenvalue weighted by Gasteiger charge is -2.33. The summed E-state index contributed by atoms with van der Waals surface area (Å²) in [5.74, 6) is 1.83. The number of aromatic nitrogens is 2. The van der Waals surface area contributed by atoms with Gasteiger partial charge in [0.15, 0.2) is 0 Å². The van der Waals surface area contributed by atoms with Crippen LogP contribution in [-0.4, -0.2) is 60.2 Å². The zero-order valence-electron chi connectivity index (χ0n) is 18.0. The first-order chi connectivity index (χ1) is 14.9. The van der Waals surface area contributed by atoms with Crippen LogP contribution in [0.3, 0.4) is 0 Å². The summed E-state index contributed by atoms with van der Waals surface area (Å²) in [4.78, 5) is 14.2. The maximum absolute atomic E-state index is 5.88. The van der Waals surface area contributed by atoms with Gasteiger partial charge in [0, 0.05) is 38.4 Å². The van der Waals surface area contributed by atoms with E-state index in [4.69, 9.17) is 9.72 Å². The first kappa shape index (κ1) is 21.1. The summed E-state index contributed by atoms with van der Waals surface area (Å²) in [6.45, 7) is 6.80. The molecular formula is C24H35N5O. The number of nitrogens with one attached hydrogen (secondary N) is 1. The standard InChI is InChI=1S/C24H35N5O/c1-2-7-16-29(15-6-1)23-12-13-25-24(27-23)26-22-11-8-14-28(19-22)17-18-30-20-21-9-4-3-5-10-21/h3-5,9-10,12-13,22H,1-2,6-8,11,14-20H2,(H,25,26,27). The molecule has 2 aliphatic heterocycles. The molecule has 6 heteroatoms. The molecule has 6 nitrogen and oxygen atoms in total. The van der Waals surface area contributed by atoms with E-state index >= 15 is 0 Å². The van der Waals surface area contributed by atoms with Crippen molar-refractivity contribution in [2.45, 2.75) is 51.2 Å². The zero-order chi connectivity index (χ0) is 20.4. The van der Waals surface area contributed by atoms with E-state index in [2.05, 4.69) is 44.4 Å². The molecule has 1 N–H and O–H groups in total. The van der Waals surface area contributed by atoms with Crippen LogP contribution in [0.25, 0.3) is 0 Å². The summed E-state index contributed by atoms with van der Waals surface area (Å²) in [7, 11) is 0. The summed E-state index contributed by atoms with van der Waals surface area (Å²) in [6.07, 6.45) is 9.45. The Hall–Kier alpha value is -2.18. The molecule has 0 aliphatic carbocycles. The van der Waals surface area contributed by atoms with Crippen molar-refractivity contribution in [3.8, 4) is 0 Å². The molecule has 3 heterocycles. The molecule has 0 saturated carbocycles. The number of anilines is 2. The molecular weight excluding hydrogens is 374 g/mol. The summed E-state index contributed by atoms with van der Waals surface area (Å²) in [5.41, 5.74) is 1.23. The van der Waals surface area contributed by atoms with Crippen LogP contribution < -0.4 is 10.2 Å². The highest BCUT2D eigenvalue weighted by atomic mass is 16.5. The minimum atomic E-state index is 0.396. The lowest BCUT2D eigenvalue weighted by Crippen LogP contribution is -2.43. The second-order valence-electron chi connectivity index (χ2n) is 8.46. The molecule has 0 spiro atoms. The molecule has 2 aromatic rings. The van der Waals surface area contributed by atoms with Gasteiger partial charge in [0.1, 0.15) is 5.82 Å². The van der Waals surface area contributed by atoms with E-state index in [9.17, 15) is 0 Å². The molecule has 0 bridgehead atoms. The Morgan fingerprint density at radius 1 is 0.967 bits per heavy atom. The highest BCUT2D eigenvalue weighted by Gasteiger charge is 2.21. The Kier molecular flexibility index (Phi) is 7.92. The number of ether oxygens (including phenoxy) is 1. The third-order valence-corrected chi connectivity index (χ3v) is 6.07. The van der Waals surface area contributed by atoms with E-state index in [1.165, 1.54) is 44.1 Å². The summed E-state index contributed by atoms with van der Waals surface area (Å²) in [6, 6.07) is 12.8. The average Bonchev–Trinajstić information content (AvgIpc) is 3.08. The van der Waals surface area contributed by atoms with Crippen LogP contribution in [0.4, 0.5) is 11.8 Å². The van der Waals surface area contributed by atoms with E-state index < -0.39 is 0 Å². The quantitative estimate of drug-likeness (QED) is 0.666. The van der Waals surface area contributed by atoms with Crippen molar-refractivity contribution in [3.05, 3.63) is 48.2 Å². The van der Waals surface area contributed by atoms with Gasteiger partial charge in [-0.15, -0.1) is 0 Å². The van der Waals surface area contributed by atoms with Crippen LogP contribution in [0.5, 0.6) is 0 Å². The number of hydrogen-bond donors (Lipinski definition) is 1. The van der Waals surface area contributed by atoms with Gasteiger partial charge in [0.2, 0.25) is 5.95 Å². The number of nitrogens with zero attached hydrogens (tertiary/aromatic N) is 4. The Labute approximate surface area is 180 Å². The molecule has 1 aromatic carbocycles. The Bertz CT molecular complexity index is 748. The van der Waals surface area contributed by atoms with Gasteiger partial charge in [-0.2, -0.15) is 4.98 Å². The molecule has 2 fully saturated rings. The lowest BCUT2D eigenvalue weighted by molar-refractivity contribution is 0.0845. The van der Waals surface area contributed by atoms with Gasteiger partial charge in [-0.25, -0.2) is 4.98 Å². The molecule has 30 heavy (non-hydrogen) atoms. The van der Waals surface area contributed by atoms with Crippen LogP contribution >= 0.6 is 0 Å². The predicted molar refractivity (Wildman–Crippen MR) is 122 cm³/mol. The molecule has 0 radical (unpaired) electrons. The minimum Gasteiger partial charge on any atom is -0.375 e. The largest absolute Gasteiger partial charge is 0.375 e. The van der Waals surface area contributed by atoms with E-state index in [-0.39, 0.29) is 0 Å². The molecule has 1 atom stereocenters. The van der Waals surface area contributed by atoms with Crippen molar-refractivity contribution in [3.63, 3.8) is 0 Å². The molecule has 2 saturated heterocycles. The third-order valence-electron chi connectivity index (χ3n) is 6.07. The SMILES string of the molecule is c1ccc(COCCN2CCCC(Nc3nccc(N4CCCCCC4)n3)C2)cc1. The Morgan fingerprint density at radius 2 is 1.80 bits per heavy atom. The molecule has 1 aromatic heterocycles. The van der Waals surface area contributed by atoms with Crippen LogP contribution in [0.15, 0.2) is 42.6 Å². The van der Waals surface area contributed by atoms with E-state index in [0.29, 0.717) is 12.6 Å². The summed E-state index contributed by atoms with van der Waals surface area (Å²) < 4.78 is 5.88. The molecule has 2 aliphatic rings. The van der Waals surface area contributed by atoms with Crippen molar-refractivity contribution >= 4 is 11.8 Å². The number of benzene rings is 1. The van der Waals surface area contributed by atoms with Crippen LogP contribution in [0.2, 0.25) is 0 Å². The number of piperidine rings is 1. The highest BCUT2D eigenvalue weighted by Crippen LogP contribution is 2.19. The molecule has 0 amide bonds. The van der Waals surface area contributed by atoms with Gasteiger partial charge >= 0.3 is 0 Å². The van der Waals surface area contributed by atoms with Gasteiger partial charge in [-0.05, 0) is 43.9 Å². The fourth-order valence-electron chi connectivity index (χ4n) is 4.41. The maximum atomic E-state index is 5.88. The zero-order valence-corrected chi connectivity index (χ0v) is 18.0. The molecule has 4 rings (SSSR count). The number of rotatable bonds is 8. The average molecular weight is 410 g/mol. The number of hydrogen-bond acceptors (Lipinski definition) is 6. The summed E-state index contributed by atoms with van der Waals surface area (Å²) >= 11 is 0. The van der Waals surface area contributed by atoms with E-state index in [1.54, 1.807) is 0 Å². The highest BCUT2D eigenvalue weighted by molar-refractivity contribution is 5.43. The van der Waals surface area contributed by atoms with Gasteiger partial charge in [0.25, 0.3) is 0 Å². The third kappa shape index (κ3) is 6.41. The lowest BCUT2D eigenvalue weighted by atomic mass is 10.1. The van der Waals surface area contributed by atoms with Crippen molar-refractivity contribution in [2.75, 3.05) is 49.5 Å². The molecule has 1 unspecified atom stereocenters. The van der Waals surface area contributed by atoms with Crippen molar-refractivity contribution < 1.29 is 4.74 Å². The van der Waals surface area contributed by atoms with Crippen LogP contribution in [-0.2, 0) is 11.3 Å². The Balaban J connectivity index is 1.23. The second kappa shape index (κ2) is 11.3. The second-order valence-corrected chi connectivity index (χ2v) is 8.46.